The molecule has 0 unspecified atom stereocenters. The van der Waals surface area contributed by atoms with E-state index in [1.54, 1.807) is 12.1 Å². The predicted molar refractivity (Wildman–Crippen MR) is 54.9 cm³/mol. The largest absolute Gasteiger partial charge is 0.489 e. The van der Waals surface area contributed by atoms with Gasteiger partial charge in [-0.15, -0.1) is 0 Å². The highest BCUT2D eigenvalue weighted by atomic mass is 19.1. The van der Waals surface area contributed by atoms with Crippen molar-refractivity contribution in [1.82, 2.24) is 4.98 Å². The number of pyridine rings is 1. The van der Waals surface area contributed by atoms with Crippen molar-refractivity contribution in [2.45, 2.75) is 26.4 Å². The summed E-state index contributed by atoms with van der Waals surface area (Å²) in [6.45, 7) is 4.27. The Kier molecular flexibility index (Phi) is 3.39. The first kappa shape index (κ1) is 11.6. The van der Waals surface area contributed by atoms with Crippen LogP contribution in [0.25, 0.3) is 0 Å². The number of carbonyl (C=O) groups is 1. The zero-order valence-corrected chi connectivity index (χ0v) is 9.08. The van der Waals surface area contributed by atoms with E-state index in [0.717, 1.165) is 0 Å². The third-order valence-electron chi connectivity index (χ3n) is 1.68. The van der Waals surface area contributed by atoms with Gasteiger partial charge in [0.15, 0.2) is 5.78 Å². The van der Waals surface area contributed by atoms with Crippen LogP contribution in [0.5, 0.6) is 5.75 Å². The van der Waals surface area contributed by atoms with E-state index in [-0.39, 0.29) is 12.4 Å². The van der Waals surface area contributed by atoms with E-state index in [2.05, 4.69) is 4.98 Å². The molecule has 0 spiro atoms. The van der Waals surface area contributed by atoms with Gasteiger partial charge in [0.2, 0.25) is 0 Å². The molecule has 1 aromatic rings. The van der Waals surface area contributed by atoms with E-state index in [9.17, 15) is 9.18 Å². The highest BCUT2D eigenvalue weighted by molar-refractivity contribution is 5.92. The summed E-state index contributed by atoms with van der Waals surface area (Å²) in [7, 11) is 0. The van der Waals surface area contributed by atoms with Crippen LogP contribution in [-0.4, -0.2) is 23.0 Å². The average Bonchev–Trinajstić information content (AvgIpc) is 2.14. The van der Waals surface area contributed by atoms with Gasteiger partial charge in [-0.25, -0.2) is 9.37 Å². The second kappa shape index (κ2) is 4.38. The third-order valence-corrected chi connectivity index (χ3v) is 1.68. The topological polar surface area (TPSA) is 39.2 Å². The minimum Gasteiger partial charge on any atom is -0.489 e. The van der Waals surface area contributed by atoms with Gasteiger partial charge < -0.3 is 4.74 Å². The lowest BCUT2D eigenvalue weighted by molar-refractivity contribution is 0.101. The van der Waals surface area contributed by atoms with Crippen LogP contribution in [0.2, 0.25) is 0 Å². The Balaban J connectivity index is 2.61. The molecule has 0 radical (unpaired) electrons. The molecule has 82 valence electrons. The zero-order valence-electron chi connectivity index (χ0n) is 9.08. The SMILES string of the molecule is CC(=O)c1ccc(OCC(C)(C)F)cn1. The van der Waals surface area contributed by atoms with E-state index < -0.39 is 5.67 Å². The highest BCUT2D eigenvalue weighted by Gasteiger charge is 2.16. The molecule has 0 N–H and O–H groups in total. The molecule has 3 nitrogen and oxygen atoms in total. The summed E-state index contributed by atoms with van der Waals surface area (Å²) in [6, 6.07) is 3.17. The maximum absolute atomic E-state index is 13.1. The van der Waals surface area contributed by atoms with E-state index in [0.29, 0.717) is 11.4 Å². The molecule has 0 amide bonds. The smallest absolute Gasteiger partial charge is 0.178 e. The molecule has 0 aliphatic carbocycles. The van der Waals surface area contributed by atoms with Crippen molar-refractivity contribution in [2.75, 3.05) is 6.61 Å². The van der Waals surface area contributed by atoms with Gasteiger partial charge in [-0.3, -0.25) is 4.79 Å². The summed E-state index contributed by atoms with van der Waals surface area (Å²) in [5.74, 6) is 0.359. The summed E-state index contributed by atoms with van der Waals surface area (Å²) in [5.41, 5.74) is -0.999. The van der Waals surface area contributed by atoms with Gasteiger partial charge in [0.05, 0.1) is 6.20 Å². The monoisotopic (exact) mass is 211 g/mol. The van der Waals surface area contributed by atoms with Crippen molar-refractivity contribution in [3.05, 3.63) is 24.0 Å². The Morgan fingerprint density at radius 1 is 1.53 bits per heavy atom. The summed E-state index contributed by atoms with van der Waals surface area (Å²) in [6.07, 6.45) is 1.42. The van der Waals surface area contributed by atoms with Crippen LogP contribution < -0.4 is 4.74 Å². The van der Waals surface area contributed by atoms with Crippen molar-refractivity contribution in [1.29, 1.82) is 0 Å². The van der Waals surface area contributed by atoms with Gasteiger partial charge >= 0.3 is 0 Å². The van der Waals surface area contributed by atoms with Crippen LogP contribution >= 0.6 is 0 Å². The molecule has 1 rings (SSSR count). The number of hydrogen-bond acceptors (Lipinski definition) is 3. The van der Waals surface area contributed by atoms with E-state index in [1.807, 2.05) is 0 Å². The Labute approximate surface area is 88.3 Å². The van der Waals surface area contributed by atoms with Gasteiger partial charge in [0, 0.05) is 6.92 Å². The van der Waals surface area contributed by atoms with E-state index in [1.165, 1.54) is 27.0 Å². The van der Waals surface area contributed by atoms with Crippen molar-refractivity contribution in [2.24, 2.45) is 0 Å². The summed E-state index contributed by atoms with van der Waals surface area (Å²) in [4.78, 5) is 14.8. The molecule has 0 aromatic carbocycles. The van der Waals surface area contributed by atoms with Crippen LogP contribution in [0.4, 0.5) is 4.39 Å². The fraction of sp³-hybridized carbons (Fsp3) is 0.455. The lowest BCUT2D eigenvalue weighted by Crippen LogP contribution is -2.22. The van der Waals surface area contributed by atoms with Crippen molar-refractivity contribution < 1.29 is 13.9 Å². The van der Waals surface area contributed by atoms with Gasteiger partial charge in [-0.05, 0) is 26.0 Å². The van der Waals surface area contributed by atoms with Gasteiger partial charge in [-0.2, -0.15) is 0 Å². The number of hydrogen-bond donors (Lipinski definition) is 0. The second-order valence-electron chi connectivity index (χ2n) is 3.94. The lowest BCUT2D eigenvalue weighted by atomic mass is 10.2. The Hall–Kier alpha value is -1.45. The molecule has 0 fully saturated rings. The maximum atomic E-state index is 13.1. The fourth-order valence-corrected chi connectivity index (χ4v) is 0.929. The maximum Gasteiger partial charge on any atom is 0.178 e. The molecule has 0 bridgehead atoms. The van der Waals surface area contributed by atoms with Crippen LogP contribution in [0, 0.1) is 0 Å². The minimum atomic E-state index is -1.38. The zero-order chi connectivity index (χ0) is 11.5. The molecular formula is C11H14FNO2. The Bertz CT molecular complexity index is 341. The predicted octanol–water partition coefficient (Wildman–Crippen LogP) is 2.41. The third kappa shape index (κ3) is 4.06. The number of halogens is 1. The number of rotatable bonds is 4. The highest BCUT2D eigenvalue weighted by Crippen LogP contribution is 2.14. The standard InChI is InChI=1S/C11H14FNO2/c1-8(14)10-5-4-9(6-13-10)15-7-11(2,3)12/h4-6H,7H2,1-3H3. The number of nitrogens with zero attached hydrogens (tertiary/aromatic N) is 1. The molecule has 0 saturated heterocycles. The number of aromatic nitrogens is 1. The first-order chi connectivity index (χ1) is 6.88. The molecule has 0 aliphatic rings. The molecule has 15 heavy (non-hydrogen) atoms. The van der Waals surface area contributed by atoms with E-state index in [4.69, 9.17) is 4.74 Å². The molecular weight excluding hydrogens is 197 g/mol. The second-order valence-corrected chi connectivity index (χ2v) is 3.94. The summed E-state index contributed by atoms with van der Waals surface area (Å²) >= 11 is 0. The summed E-state index contributed by atoms with van der Waals surface area (Å²) in [5, 5.41) is 0. The van der Waals surface area contributed by atoms with Gasteiger partial charge in [-0.1, -0.05) is 0 Å². The normalized spacial score (nSPS) is 11.2. The van der Waals surface area contributed by atoms with Crippen LogP contribution in [0.3, 0.4) is 0 Å². The van der Waals surface area contributed by atoms with Crippen molar-refractivity contribution in [3.63, 3.8) is 0 Å². The average molecular weight is 211 g/mol. The minimum absolute atomic E-state index is 0.0336. The van der Waals surface area contributed by atoms with Crippen molar-refractivity contribution in [3.8, 4) is 5.75 Å². The van der Waals surface area contributed by atoms with Crippen molar-refractivity contribution >= 4 is 5.78 Å². The molecule has 1 heterocycles. The Morgan fingerprint density at radius 3 is 2.60 bits per heavy atom. The first-order valence-corrected chi connectivity index (χ1v) is 4.67. The lowest BCUT2D eigenvalue weighted by Gasteiger charge is -2.14. The number of carbonyl (C=O) groups excluding carboxylic acids is 1. The van der Waals surface area contributed by atoms with E-state index >= 15 is 0 Å². The first-order valence-electron chi connectivity index (χ1n) is 4.67. The number of ketones is 1. The number of Topliss-reactive ketones (excluding diaryl/α,β-unsaturated/α-hetero) is 1. The molecule has 0 saturated carbocycles. The van der Waals surface area contributed by atoms with Crippen LogP contribution in [-0.2, 0) is 0 Å². The number of ether oxygens (including phenoxy) is 1. The van der Waals surface area contributed by atoms with Gasteiger partial charge in [0.25, 0.3) is 0 Å². The quantitative estimate of drug-likeness (QED) is 0.718. The molecule has 0 atom stereocenters. The fourth-order valence-electron chi connectivity index (χ4n) is 0.929. The van der Waals surface area contributed by atoms with Gasteiger partial charge in [0.1, 0.15) is 23.7 Å². The molecule has 0 aliphatic heterocycles. The van der Waals surface area contributed by atoms with Crippen LogP contribution in [0.1, 0.15) is 31.3 Å². The Morgan fingerprint density at radius 2 is 2.20 bits per heavy atom. The summed E-state index contributed by atoms with van der Waals surface area (Å²) < 4.78 is 18.2. The van der Waals surface area contributed by atoms with Crippen LogP contribution in [0.15, 0.2) is 18.3 Å². The number of alkyl halides is 1. The molecule has 1 aromatic heterocycles. The molecule has 4 heteroatoms.